The van der Waals surface area contributed by atoms with Gasteiger partial charge in [0.2, 0.25) is 10.0 Å². The Morgan fingerprint density at radius 3 is 2.06 bits per heavy atom. The second-order valence-electron chi connectivity index (χ2n) is 8.35. The fraction of sp³-hybridized carbons (Fsp3) is 0.375. The van der Waals surface area contributed by atoms with Crippen molar-refractivity contribution < 1.29 is 8.42 Å². The Balaban J connectivity index is 1.44. The van der Waals surface area contributed by atoms with Gasteiger partial charge in [0, 0.05) is 43.6 Å². The lowest BCUT2D eigenvalue weighted by Crippen LogP contribution is -2.48. The van der Waals surface area contributed by atoms with E-state index in [1.807, 2.05) is 53.2 Å². The zero-order valence-electron chi connectivity index (χ0n) is 17.6. The summed E-state index contributed by atoms with van der Waals surface area (Å²) in [6, 6.07) is 20.1. The summed E-state index contributed by atoms with van der Waals surface area (Å²) in [5, 5.41) is 4.79. The third-order valence-corrected chi connectivity index (χ3v) is 8.32. The molecule has 1 saturated heterocycles. The summed E-state index contributed by atoms with van der Waals surface area (Å²) in [5.74, 6) is 0. The monoisotopic (exact) mass is 436 g/mol. The van der Waals surface area contributed by atoms with Crippen LogP contribution in [0.4, 0.5) is 5.69 Å². The quantitative estimate of drug-likeness (QED) is 0.602. The molecular formula is C24H28N4O2S. The molecule has 0 N–H and O–H groups in total. The number of hydrogen-bond donors (Lipinski definition) is 0. The number of nitrogens with zero attached hydrogens (tertiary/aromatic N) is 4. The van der Waals surface area contributed by atoms with Crippen molar-refractivity contribution in [2.45, 2.75) is 36.6 Å². The summed E-state index contributed by atoms with van der Waals surface area (Å²) in [6.07, 6.45) is 6.25. The van der Waals surface area contributed by atoms with Gasteiger partial charge >= 0.3 is 0 Å². The van der Waals surface area contributed by atoms with E-state index in [9.17, 15) is 8.42 Å². The number of benzene rings is 2. The van der Waals surface area contributed by atoms with E-state index >= 15 is 0 Å². The minimum Gasteiger partial charge on any atom is -0.369 e. The molecule has 31 heavy (non-hydrogen) atoms. The smallest absolute Gasteiger partial charge is 0.246 e. The van der Waals surface area contributed by atoms with Gasteiger partial charge in [0.1, 0.15) is 10.6 Å². The van der Waals surface area contributed by atoms with Crippen molar-refractivity contribution in [3.05, 3.63) is 66.9 Å². The number of sulfonamides is 1. The highest BCUT2D eigenvalue weighted by Crippen LogP contribution is 2.34. The fourth-order valence-corrected chi connectivity index (χ4v) is 6.25. The van der Waals surface area contributed by atoms with Crippen LogP contribution >= 0.6 is 0 Å². The highest BCUT2D eigenvalue weighted by atomic mass is 32.2. The normalized spacial score (nSPS) is 18.5. The van der Waals surface area contributed by atoms with Crippen molar-refractivity contribution in [1.29, 1.82) is 0 Å². The van der Waals surface area contributed by atoms with Gasteiger partial charge in [-0.2, -0.15) is 9.40 Å². The highest BCUT2D eigenvalue weighted by Gasteiger charge is 2.33. The first-order valence-corrected chi connectivity index (χ1v) is 12.5. The Bertz CT molecular complexity index is 1110. The van der Waals surface area contributed by atoms with Gasteiger partial charge in [0.15, 0.2) is 0 Å². The molecule has 5 rings (SSSR count). The predicted octanol–water partition coefficient (Wildman–Crippen LogP) is 4.18. The summed E-state index contributed by atoms with van der Waals surface area (Å²) >= 11 is 0. The molecule has 2 fully saturated rings. The van der Waals surface area contributed by atoms with Gasteiger partial charge in [-0.05, 0) is 25.0 Å². The van der Waals surface area contributed by atoms with Crippen LogP contribution in [-0.2, 0) is 10.0 Å². The summed E-state index contributed by atoms with van der Waals surface area (Å²) in [4.78, 5) is 2.57. The van der Waals surface area contributed by atoms with Crippen molar-refractivity contribution in [1.82, 2.24) is 14.1 Å². The Kier molecular flexibility index (Phi) is 5.54. The first-order chi connectivity index (χ1) is 15.1. The van der Waals surface area contributed by atoms with Crippen LogP contribution in [0.2, 0.25) is 0 Å². The van der Waals surface area contributed by atoms with E-state index in [0.717, 1.165) is 24.1 Å². The summed E-state index contributed by atoms with van der Waals surface area (Å²) in [5.41, 5.74) is 2.55. The largest absolute Gasteiger partial charge is 0.369 e. The van der Waals surface area contributed by atoms with E-state index < -0.39 is 10.0 Å². The molecule has 2 aromatic carbocycles. The van der Waals surface area contributed by atoms with Crippen LogP contribution in [0, 0.1) is 0 Å². The topological polar surface area (TPSA) is 58.4 Å². The first-order valence-electron chi connectivity index (χ1n) is 11.1. The van der Waals surface area contributed by atoms with E-state index in [0.29, 0.717) is 42.8 Å². The Morgan fingerprint density at radius 2 is 1.42 bits per heavy atom. The van der Waals surface area contributed by atoms with Gasteiger partial charge in [0.25, 0.3) is 0 Å². The Morgan fingerprint density at radius 1 is 0.806 bits per heavy atom. The molecule has 0 spiro atoms. The van der Waals surface area contributed by atoms with Gasteiger partial charge in [-0.1, -0.05) is 61.4 Å². The number of hydrogen-bond acceptors (Lipinski definition) is 4. The standard InChI is InChI=1S/C24H28N4O2S/c29-31(30,27-17-15-26(16-18-27)21-11-5-2-6-12-21)23-19-28(22-13-7-8-14-22)25-24(23)20-9-3-1-4-10-20/h1-6,9-12,19,22H,7-8,13-18H2. The molecule has 1 saturated carbocycles. The molecule has 2 heterocycles. The Hall–Kier alpha value is -2.64. The van der Waals surface area contributed by atoms with E-state index in [1.54, 1.807) is 10.5 Å². The molecule has 0 radical (unpaired) electrons. The van der Waals surface area contributed by atoms with Crippen molar-refractivity contribution in [2.24, 2.45) is 0 Å². The van der Waals surface area contributed by atoms with Crippen LogP contribution in [-0.4, -0.2) is 48.7 Å². The Labute approximate surface area is 184 Å². The predicted molar refractivity (Wildman–Crippen MR) is 123 cm³/mol. The summed E-state index contributed by atoms with van der Waals surface area (Å²) in [7, 11) is -3.63. The maximum Gasteiger partial charge on any atom is 0.246 e. The lowest BCUT2D eigenvalue weighted by molar-refractivity contribution is 0.385. The molecule has 0 unspecified atom stereocenters. The molecule has 1 aliphatic heterocycles. The van der Waals surface area contributed by atoms with E-state index in [-0.39, 0.29) is 0 Å². The van der Waals surface area contributed by atoms with E-state index in [1.165, 1.54) is 12.8 Å². The van der Waals surface area contributed by atoms with Gasteiger partial charge in [-0.25, -0.2) is 8.42 Å². The highest BCUT2D eigenvalue weighted by molar-refractivity contribution is 7.89. The van der Waals surface area contributed by atoms with Crippen molar-refractivity contribution in [3.8, 4) is 11.3 Å². The molecule has 0 amide bonds. The van der Waals surface area contributed by atoms with Crippen LogP contribution in [0.5, 0.6) is 0 Å². The van der Waals surface area contributed by atoms with Gasteiger partial charge in [-0.15, -0.1) is 0 Å². The van der Waals surface area contributed by atoms with E-state index in [4.69, 9.17) is 5.10 Å². The summed E-state index contributed by atoms with van der Waals surface area (Å²) in [6.45, 7) is 2.31. The zero-order valence-corrected chi connectivity index (χ0v) is 18.4. The lowest BCUT2D eigenvalue weighted by atomic mass is 10.2. The average Bonchev–Trinajstić information content (AvgIpc) is 3.51. The maximum absolute atomic E-state index is 13.7. The SMILES string of the molecule is O=S(=O)(c1cn(C2CCCC2)nc1-c1ccccc1)N1CCN(c2ccccc2)CC1. The number of rotatable bonds is 5. The average molecular weight is 437 g/mol. The molecule has 2 aliphatic rings. The summed E-state index contributed by atoms with van der Waals surface area (Å²) < 4.78 is 30.9. The molecular weight excluding hydrogens is 408 g/mol. The van der Waals surface area contributed by atoms with Crippen LogP contribution in [0.3, 0.4) is 0 Å². The molecule has 6 nitrogen and oxygen atoms in total. The van der Waals surface area contributed by atoms with Crippen LogP contribution in [0.1, 0.15) is 31.7 Å². The van der Waals surface area contributed by atoms with E-state index in [2.05, 4.69) is 17.0 Å². The second kappa shape index (κ2) is 8.48. The third kappa shape index (κ3) is 4.00. The maximum atomic E-state index is 13.7. The van der Waals surface area contributed by atoms with Crippen LogP contribution in [0.25, 0.3) is 11.3 Å². The van der Waals surface area contributed by atoms with Crippen molar-refractivity contribution in [3.63, 3.8) is 0 Å². The van der Waals surface area contributed by atoms with Crippen molar-refractivity contribution in [2.75, 3.05) is 31.1 Å². The van der Waals surface area contributed by atoms with Gasteiger partial charge in [0.05, 0.1) is 6.04 Å². The number of para-hydroxylation sites is 1. The first kappa shape index (κ1) is 20.3. The minimum atomic E-state index is -3.63. The fourth-order valence-electron chi connectivity index (χ4n) is 4.68. The van der Waals surface area contributed by atoms with Crippen LogP contribution in [0.15, 0.2) is 71.8 Å². The molecule has 3 aromatic rings. The molecule has 162 valence electrons. The molecule has 1 aliphatic carbocycles. The van der Waals surface area contributed by atoms with Gasteiger partial charge in [-0.3, -0.25) is 4.68 Å². The number of anilines is 1. The van der Waals surface area contributed by atoms with Crippen molar-refractivity contribution >= 4 is 15.7 Å². The third-order valence-electron chi connectivity index (χ3n) is 6.42. The van der Waals surface area contributed by atoms with Crippen LogP contribution < -0.4 is 4.90 Å². The molecule has 7 heteroatoms. The number of aromatic nitrogens is 2. The molecule has 0 atom stereocenters. The molecule has 1 aromatic heterocycles. The lowest BCUT2D eigenvalue weighted by Gasteiger charge is -2.35. The second-order valence-corrected chi connectivity index (χ2v) is 10.3. The zero-order chi connectivity index (χ0) is 21.3. The minimum absolute atomic E-state index is 0.293. The van der Waals surface area contributed by atoms with Gasteiger partial charge < -0.3 is 4.90 Å². The number of piperazine rings is 1. The molecule has 0 bridgehead atoms.